The van der Waals surface area contributed by atoms with Crippen molar-refractivity contribution < 1.29 is 9.84 Å². The van der Waals surface area contributed by atoms with E-state index in [0.717, 1.165) is 11.1 Å². The van der Waals surface area contributed by atoms with Gasteiger partial charge < -0.3 is 20.9 Å². The molecule has 28 heavy (non-hydrogen) atoms. The standard InChI is InChI=1S/C21H23N5O2/c1-2-24-21-19(20(22)23)25-14-26(21)18(12-16-9-5-6-10-16)28-17(13-27)11-15-7-3-4-8-15/h2-12,14,17-18,24,27H,1,13H2,(H3,22,23). The van der Waals surface area contributed by atoms with Crippen LogP contribution in [0.2, 0.25) is 0 Å². The number of nitrogen functional groups attached to an aromatic ring is 1. The molecule has 2 aliphatic rings. The van der Waals surface area contributed by atoms with Gasteiger partial charge in [-0.3, -0.25) is 9.98 Å². The van der Waals surface area contributed by atoms with Crippen molar-refractivity contribution in [2.45, 2.75) is 12.3 Å². The van der Waals surface area contributed by atoms with Gasteiger partial charge in [0.2, 0.25) is 0 Å². The minimum atomic E-state index is -0.603. The van der Waals surface area contributed by atoms with Gasteiger partial charge in [-0.05, 0) is 29.5 Å². The molecule has 1 aromatic rings. The number of anilines is 1. The van der Waals surface area contributed by atoms with Gasteiger partial charge in [0.25, 0.3) is 0 Å². The highest BCUT2D eigenvalue weighted by Gasteiger charge is 2.21. The van der Waals surface area contributed by atoms with Gasteiger partial charge in [0.05, 0.1) is 12.9 Å². The van der Waals surface area contributed by atoms with E-state index in [2.05, 4.69) is 16.9 Å². The zero-order chi connectivity index (χ0) is 19.9. The first-order valence-corrected chi connectivity index (χ1v) is 8.80. The normalized spacial score (nSPS) is 16.5. The number of amidine groups is 1. The summed E-state index contributed by atoms with van der Waals surface area (Å²) in [7, 11) is 0. The van der Waals surface area contributed by atoms with Crippen molar-refractivity contribution in [2.75, 3.05) is 11.9 Å². The first kappa shape index (κ1) is 19.3. The van der Waals surface area contributed by atoms with E-state index in [9.17, 15) is 5.11 Å². The van der Waals surface area contributed by atoms with Crippen molar-refractivity contribution in [3.05, 3.63) is 96.7 Å². The van der Waals surface area contributed by atoms with Gasteiger partial charge >= 0.3 is 0 Å². The fraction of sp³-hybridized carbons (Fsp3) is 0.143. The summed E-state index contributed by atoms with van der Waals surface area (Å²) in [6.07, 6.45) is 21.1. The molecule has 0 saturated heterocycles. The molecule has 1 aromatic heterocycles. The van der Waals surface area contributed by atoms with Crippen LogP contribution in [0.15, 0.2) is 91.0 Å². The Morgan fingerprint density at radius 1 is 1.21 bits per heavy atom. The number of ether oxygens (including phenoxy) is 1. The molecule has 144 valence electrons. The zero-order valence-electron chi connectivity index (χ0n) is 15.3. The number of hydrogen-bond acceptors (Lipinski definition) is 5. The van der Waals surface area contributed by atoms with Crippen molar-refractivity contribution in [1.29, 1.82) is 5.41 Å². The van der Waals surface area contributed by atoms with Crippen LogP contribution in [0.5, 0.6) is 0 Å². The van der Waals surface area contributed by atoms with Crippen molar-refractivity contribution in [3.8, 4) is 0 Å². The summed E-state index contributed by atoms with van der Waals surface area (Å²) >= 11 is 0. The lowest BCUT2D eigenvalue weighted by atomic mass is 10.2. The smallest absolute Gasteiger partial charge is 0.157 e. The Labute approximate surface area is 163 Å². The van der Waals surface area contributed by atoms with E-state index in [0.29, 0.717) is 11.5 Å². The van der Waals surface area contributed by atoms with Crippen molar-refractivity contribution in [2.24, 2.45) is 5.73 Å². The van der Waals surface area contributed by atoms with Crippen LogP contribution in [0.3, 0.4) is 0 Å². The molecule has 0 aromatic carbocycles. The number of allylic oxidation sites excluding steroid dienone is 10. The molecule has 3 rings (SSSR count). The monoisotopic (exact) mass is 377 g/mol. The van der Waals surface area contributed by atoms with Crippen molar-refractivity contribution in [3.63, 3.8) is 0 Å². The molecular weight excluding hydrogens is 354 g/mol. The molecule has 0 saturated carbocycles. The Bertz CT molecular complexity index is 903. The lowest BCUT2D eigenvalue weighted by Gasteiger charge is -2.23. The highest BCUT2D eigenvalue weighted by atomic mass is 16.5. The van der Waals surface area contributed by atoms with Crippen molar-refractivity contribution >= 4 is 11.7 Å². The largest absolute Gasteiger partial charge is 0.393 e. The third-order valence-corrected chi connectivity index (χ3v) is 4.15. The minimum Gasteiger partial charge on any atom is -0.393 e. The van der Waals surface area contributed by atoms with E-state index in [1.165, 1.54) is 6.20 Å². The Balaban J connectivity index is 1.98. The number of nitrogens with two attached hydrogens (primary N) is 1. The molecule has 2 atom stereocenters. The van der Waals surface area contributed by atoms with E-state index in [4.69, 9.17) is 15.9 Å². The number of rotatable bonds is 9. The third kappa shape index (κ3) is 4.46. The molecule has 7 nitrogen and oxygen atoms in total. The number of hydrogen-bond donors (Lipinski definition) is 4. The van der Waals surface area contributed by atoms with Crippen LogP contribution in [-0.2, 0) is 4.74 Å². The molecule has 1 heterocycles. The first-order valence-electron chi connectivity index (χ1n) is 8.80. The Morgan fingerprint density at radius 2 is 1.82 bits per heavy atom. The summed E-state index contributed by atoms with van der Waals surface area (Å²) in [6, 6.07) is 0. The number of aliphatic hydroxyl groups excluding tert-OH is 1. The summed E-state index contributed by atoms with van der Waals surface area (Å²) in [5.41, 5.74) is 7.86. The number of imidazole rings is 1. The van der Waals surface area contributed by atoms with E-state index >= 15 is 0 Å². The molecule has 0 aliphatic heterocycles. The van der Waals surface area contributed by atoms with Gasteiger partial charge in [-0.25, -0.2) is 4.98 Å². The molecule has 0 fully saturated rings. The molecule has 2 aliphatic carbocycles. The molecule has 7 heteroatoms. The third-order valence-electron chi connectivity index (χ3n) is 4.15. The fourth-order valence-electron chi connectivity index (χ4n) is 2.87. The Kier molecular flexibility index (Phi) is 6.21. The van der Waals surface area contributed by atoms with Crippen LogP contribution in [0.1, 0.15) is 11.9 Å². The lowest BCUT2D eigenvalue weighted by molar-refractivity contribution is -0.0253. The lowest BCUT2D eigenvalue weighted by Crippen LogP contribution is -2.23. The predicted octanol–water partition coefficient (Wildman–Crippen LogP) is 2.70. The van der Waals surface area contributed by atoms with Crippen LogP contribution < -0.4 is 11.1 Å². The average Bonchev–Trinajstić information content (AvgIpc) is 3.42. The maximum atomic E-state index is 9.83. The quantitative estimate of drug-likeness (QED) is 0.391. The topological polar surface area (TPSA) is 109 Å². The van der Waals surface area contributed by atoms with Gasteiger partial charge in [0.15, 0.2) is 6.23 Å². The summed E-state index contributed by atoms with van der Waals surface area (Å²) in [6.45, 7) is 3.49. The maximum absolute atomic E-state index is 9.83. The number of aliphatic hydroxyl groups is 1. The van der Waals surface area contributed by atoms with Crippen LogP contribution in [0.25, 0.3) is 0 Å². The highest BCUT2D eigenvalue weighted by molar-refractivity contribution is 5.97. The SMILES string of the molecule is C=CNc1c(C(=N)N)ncn1C(C=C1C=CC=C1)OC(C=C1C=CC=C1)CO. The second-order valence-electron chi connectivity index (χ2n) is 6.13. The Morgan fingerprint density at radius 3 is 2.36 bits per heavy atom. The van der Waals surface area contributed by atoms with Gasteiger partial charge in [0.1, 0.15) is 23.5 Å². The average molecular weight is 377 g/mol. The van der Waals surface area contributed by atoms with Crippen LogP contribution in [-0.4, -0.2) is 33.2 Å². The molecule has 0 amide bonds. The predicted molar refractivity (Wildman–Crippen MR) is 111 cm³/mol. The fourth-order valence-corrected chi connectivity index (χ4v) is 2.87. The van der Waals surface area contributed by atoms with Crippen LogP contribution in [0, 0.1) is 5.41 Å². The number of nitrogens with zero attached hydrogens (tertiary/aromatic N) is 2. The minimum absolute atomic E-state index is 0.169. The van der Waals surface area contributed by atoms with Gasteiger partial charge in [-0.1, -0.05) is 55.2 Å². The maximum Gasteiger partial charge on any atom is 0.157 e. The van der Waals surface area contributed by atoms with Gasteiger partial charge in [-0.15, -0.1) is 0 Å². The first-order chi connectivity index (χ1) is 13.6. The van der Waals surface area contributed by atoms with E-state index in [-0.39, 0.29) is 12.4 Å². The van der Waals surface area contributed by atoms with E-state index in [1.807, 2.05) is 60.8 Å². The van der Waals surface area contributed by atoms with E-state index in [1.54, 1.807) is 10.9 Å². The van der Waals surface area contributed by atoms with Gasteiger partial charge in [0, 0.05) is 0 Å². The summed E-state index contributed by atoms with van der Waals surface area (Å²) in [4.78, 5) is 4.22. The summed E-state index contributed by atoms with van der Waals surface area (Å²) in [5, 5.41) is 20.5. The van der Waals surface area contributed by atoms with E-state index < -0.39 is 12.3 Å². The van der Waals surface area contributed by atoms with Crippen LogP contribution >= 0.6 is 0 Å². The molecule has 5 N–H and O–H groups in total. The number of nitrogens with one attached hydrogen (secondary N) is 2. The molecular formula is C21H23N5O2. The van der Waals surface area contributed by atoms with Crippen molar-refractivity contribution in [1.82, 2.24) is 9.55 Å². The summed E-state index contributed by atoms with van der Waals surface area (Å²) < 4.78 is 7.90. The molecule has 0 radical (unpaired) electrons. The zero-order valence-corrected chi connectivity index (χ0v) is 15.3. The van der Waals surface area contributed by atoms with Gasteiger partial charge in [-0.2, -0.15) is 0 Å². The second-order valence-corrected chi connectivity index (χ2v) is 6.13. The molecule has 0 bridgehead atoms. The second kappa shape index (κ2) is 8.98. The highest BCUT2D eigenvalue weighted by Crippen LogP contribution is 2.26. The molecule has 2 unspecified atom stereocenters. The molecule has 0 spiro atoms. The Hall–Kier alpha value is -3.42. The van der Waals surface area contributed by atoms with Crippen LogP contribution in [0.4, 0.5) is 5.82 Å². The summed E-state index contributed by atoms with van der Waals surface area (Å²) in [5.74, 6) is 0.317. The number of aromatic nitrogens is 2.